The summed E-state index contributed by atoms with van der Waals surface area (Å²) in [6.07, 6.45) is 0.352. The highest BCUT2D eigenvalue weighted by atomic mass is 28.2. The lowest BCUT2D eigenvalue weighted by Gasteiger charge is -2.20. The van der Waals surface area contributed by atoms with Gasteiger partial charge in [0.05, 0.1) is 12.3 Å². The monoisotopic (exact) mass is 234 g/mol. The fraction of sp³-hybridized carbons (Fsp3) is 0.778. The zero-order valence-corrected chi connectivity index (χ0v) is 10.5. The predicted molar refractivity (Wildman–Crippen MR) is 57.6 cm³/mol. The molecular formula is C9H18O5Si. The Bertz CT molecular complexity index is 219. The van der Waals surface area contributed by atoms with Crippen LogP contribution in [-0.4, -0.2) is 38.5 Å². The van der Waals surface area contributed by atoms with E-state index < -0.39 is 27.6 Å². The van der Waals surface area contributed by atoms with E-state index in [4.69, 9.17) is 14.6 Å². The maximum atomic E-state index is 10.9. The average Bonchev–Trinajstić information content (AvgIpc) is 2.16. The Morgan fingerprint density at radius 1 is 1.33 bits per heavy atom. The molecule has 0 aliphatic carbocycles. The number of aliphatic carboxylic acids is 2. The van der Waals surface area contributed by atoms with Crippen LogP contribution in [0.5, 0.6) is 0 Å². The minimum Gasteiger partial charge on any atom is -0.481 e. The van der Waals surface area contributed by atoms with Crippen LogP contribution in [0, 0.1) is 5.92 Å². The molecule has 0 saturated heterocycles. The molecule has 0 radical (unpaired) electrons. The van der Waals surface area contributed by atoms with Gasteiger partial charge in [0.1, 0.15) is 0 Å². The normalized spacial score (nSPS) is 15.3. The third kappa shape index (κ3) is 5.53. The van der Waals surface area contributed by atoms with E-state index >= 15 is 0 Å². The van der Waals surface area contributed by atoms with Crippen molar-refractivity contribution in [3.05, 3.63) is 0 Å². The van der Waals surface area contributed by atoms with Gasteiger partial charge >= 0.3 is 11.9 Å². The van der Waals surface area contributed by atoms with E-state index in [9.17, 15) is 9.59 Å². The van der Waals surface area contributed by atoms with Gasteiger partial charge in [0, 0.05) is 6.61 Å². The molecule has 15 heavy (non-hydrogen) atoms. The first-order valence-corrected chi connectivity index (χ1v) is 6.44. The predicted octanol–water partition coefficient (Wildman–Crippen LogP) is 0.481. The highest BCUT2D eigenvalue weighted by molar-refractivity contribution is 6.30. The van der Waals surface area contributed by atoms with Crippen LogP contribution >= 0.6 is 0 Å². The van der Waals surface area contributed by atoms with Gasteiger partial charge in [-0.3, -0.25) is 9.59 Å². The molecule has 0 saturated carbocycles. The van der Waals surface area contributed by atoms with E-state index in [2.05, 4.69) is 0 Å². The Labute approximate surface area is 91.4 Å². The molecule has 0 rings (SSSR count). The van der Waals surface area contributed by atoms with Crippen LogP contribution in [0.1, 0.15) is 26.7 Å². The zero-order chi connectivity index (χ0) is 11.8. The summed E-state index contributed by atoms with van der Waals surface area (Å²) in [4.78, 5) is 21.4. The van der Waals surface area contributed by atoms with E-state index in [1.165, 1.54) is 0 Å². The molecule has 0 aromatic carbocycles. The Balaban J connectivity index is 4.40. The van der Waals surface area contributed by atoms with E-state index in [1.807, 2.05) is 13.8 Å². The van der Waals surface area contributed by atoms with Crippen LogP contribution in [-0.2, 0) is 14.0 Å². The summed E-state index contributed by atoms with van der Waals surface area (Å²) in [5.41, 5.74) is -0.0986. The highest BCUT2D eigenvalue weighted by Crippen LogP contribution is 2.25. The van der Waals surface area contributed by atoms with Gasteiger partial charge in [0.2, 0.25) is 0 Å². The summed E-state index contributed by atoms with van der Waals surface area (Å²) in [5.74, 6) is -2.89. The number of carboxylic acids is 2. The van der Waals surface area contributed by atoms with Gasteiger partial charge in [-0.2, -0.15) is 0 Å². The molecule has 0 bridgehead atoms. The van der Waals surface area contributed by atoms with Crippen LogP contribution in [0.2, 0.25) is 5.54 Å². The summed E-state index contributed by atoms with van der Waals surface area (Å²) in [6.45, 7) is 4.29. The van der Waals surface area contributed by atoms with Crippen molar-refractivity contribution >= 4 is 21.7 Å². The maximum absolute atomic E-state index is 10.9. The lowest BCUT2D eigenvalue weighted by molar-refractivity contribution is -0.148. The Kier molecular flexibility index (Phi) is 6.98. The quantitative estimate of drug-likeness (QED) is 0.597. The molecule has 0 spiro atoms. The SMILES string of the molecule is CCO[SiH2]C(CC)C(CC(=O)O)C(=O)O. The zero-order valence-electron chi connectivity index (χ0n) is 9.10. The van der Waals surface area contributed by atoms with Gasteiger partial charge in [0.25, 0.3) is 0 Å². The molecule has 0 aromatic heterocycles. The maximum Gasteiger partial charge on any atom is 0.307 e. The molecular weight excluding hydrogens is 216 g/mol. The van der Waals surface area contributed by atoms with Crippen LogP contribution < -0.4 is 0 Å². The summed E-state index contributed by atoms with van der Waals surface area (Å²) in [6, 6.07) is 0. The van der Waals surface area contributed by atoms with Crippen molar-refractivity contribution in [3.63, 3.8) is 0 Å². The van der Waals surface area contributed by atoms with Crippen molar-refractivity contribution in [1.82, 2.24) is 0 Å². The molecule has 0 amide bonds. The van der Waals surface area contributed by atoms with Crippen molar-refractivity contribution in [2.24, 2.45) is 5.92 Å². The first-order valence-electron chi connectivity index (χ1n) is 5.05. The Morgan fingerprint density at radius 2 is 1.93 bits per heavy atom. The first-order chi connectivity index (χ1) is 7.02. The molecule has 2 atom stereocenters. The summed E-state index contributed by atoms with van der Waals surface area (Å²) >= 11 is 0. The lowest BCUT2D eigenvalue weighted by atomic mass is 9.99. The minimum atomic E-state index is -1.06. The third-order valence-electron chi connectivity index (χ3n) is 2.34. The van der Waals surface area contributed by atoms with Crippen molar-refractivity contribution in [2.45, 2.75) is 32.2 Å². The second-order valence-corrected chi connectivity index (χ2v) is 5.16. The van der Waals surface area contributed by atoms with Gasteiger partial charge < -0.3 is 14.6 Å². The summed E-state index contributed by atoms with van der Waals surface area (Å²) in [5, 5.41) is 17.5. The smallest absolute Gasteiger partial charge is 0.307 e. The highest BCUT2D eigenvalue weighted by Gasteiger charge is 2.29. The van der Waals surface area contributed by atoms with Crippen molar-refractivity contribution in [2.75, 3.05) is 6.61 Å². The fourth-order valence-electron chi connectivity index (χ4n) is 1.43. The Hall–Kier alpha value is -0.883. The second kappa shape index (κ2) is 7.41. The number of hydrogen-bond donors (Lipinski definition) is 2. The fourth-order valence-corrected chi connectivity index (χ4v) is 2.81. The minimum absolute atomic E-state index is 0.0986. The molecule has 6 heteroatoms. The van der Waals surface area contributed by atoms with Gasteiger partial charge in [-0.1, -0.05) is 13.3 Å². The average molecular weight is 234 g/mol. The van der Waals surface area contributed by atoms with E-state index in [1.54, 1.807) is 0 Å². The topological polar surface area (TPSA) is 83.8 Å². The van der Waals surface area contributed by atoms with E-state index in [0.717, 1.165) is 0 Å². The molecule has 0 aliphatic rings. The molecule has 2 N–H and O–H groups in total. The van der Waals surface area contributed by atoms with E-state index in [-0.39, 0.29) is 12.0 Å². The number of rotatable bonds is 8. The molecule has 0 fully saturated rings. The molecule has 2 unspecified atom stereocenters. The van der Waals surface area contributed by atoms with E-state index in [0.29, 0.717) is 13.0 Å². The Morgan fingerprint density at radius 3 is 2.27 bits per heavy atom. The van der Waals surface area contributed by atoms with Gasteiger partial charge in [-0.25, -0.2) is 0 Å². The largest absolute Gasteiger partial charge is 0.481 e. The van der Waals surface area contributed by atoms with Gasteiger partial charge in [-0.05, 0) is 12.5 Å². The molecule has 0 aliphatic heterocycles. The third-order valence-corrected chi connectivity index (χ3v) is 4.56. The molecule has 5 nitrogen and oxygen atoms in total. The van der Waals surface area contributed by atoms with Gasteiger partial charge in [-0.15, -0.1) is 0 Å². The second-order valence-electron chi connectivity index (χ2n) is 3.37. The first kappa shape index (κ1) is 14.1. The number of hydrogen-bond acceptors (Lipinski definition) is 3. The molecule has 0 aromatic rings. The molecule has 0 heterocycles. The van der Waals surface area contributed by atoms with Crippen LogP contribution in [0.25, 0.3) is 0 Å². The van der Waals surface area contributed by atoms with Gasteiger partial charge in [0.15, 0.2) is 9.76 Å². The van der Waals surface area contributed by atoms with Crippen molar-refractivity contribution in [1.29, 1.82) is 0 Å². The number of carboxylic acid groups (broad SMARTS) is 2. The van der Waals surface area contributed by atoms with Crippen molar-refractivity contribution < 1.29 is 24.2 Å². The van der Waals surface area contributed by atoms with Crippen LogP contribution in [0.3, 0.4) is 0 Å². The molecule has 88 valence electrons. The lowest BCUT2D eigenvalue weighted by Crippen LogP contribution is -2.27. The van der Waals surface area contributed by atoms with Crippen LogP contribution in [0.15, 0.2) is 0 Å². The standard InChI is InChI=1S/C9H18O5Si/c1-3-7(15-14-4-2)6(9(12)13)5-8(10)11/h6-7H,3-5,15H2,1-2H3,(H,10,11)(H,12,13). The van der Waals surface area contributed by atoms with Crippen LogP contribution in [0.4, 0.5) is 0 Å². The number of carbonyl (C=O) groups is 2. The summed E-state index contributed by atoms with van der Waals surface area (Å²) < 4.78 is 5.28. The van der Waals surface area contributed by atoms with Crippen molar-refractivity contribution in [3.8, 4) is 0 Å². The summed E-state index contributed by atoms with van der Waals surface area (Å²) in [7, 11) is -0.952.